The van der Waals surface area contributed by atoms with Crippen LogP contribution in [0.1, 0.15) is 13.3 Å². The lowest BCUT2D eigenvalue weighted by molar-refractivity contribution is 0.140. The number of hydrogen-bond donors (Lipinski definition) is 0. The minimum absolute atomic E-state index is 0.418. The van der Waals surface area contributed by atoms with Crippen LogP contribution in [0.5, 0.6) is 0 Å². The van der Waals surface area contributed by atoms with Crippen molar-refractivity contribution >= 4 is 7.60 Å². The van der Waals surface area contributed by atoms with E-state index in [0.29, 0.717) is 19.1 Å². The van der Waals surface area contributed by atoms with Gasteiger partial charge in [-0.15, -0.1) is 0 Å². The van der Waals surface area contributed by atoms with Gasteiger partial charge in [0, 0.05) is 27.5 Å². The Morgan fingerprint density at radius 3 is 2.46 bits per heavy atom. The quantitative estimate of drug-likeness (QED) is 0.604. The first-order chi connectivity index (χ1) is 6.02. The molecular weight excluding hydrogens is 191 g/mol. The molecular formula is C8H19O4P. The van der Waals surface area contributed by atoms with E-state index in [0.717, 1.165) is 6.42 Å². The minimum Gasteiger partial charge on any atom is -0.384 e. The molecule has 0 saturated carbocycles. The highest BCUT2D eigenvalue weighted by atomic mass is 31.2. The Morgan fingerprint density at radius 2 is 2.00 bits per heavy atom. The summed E-state index contributed by atoms with van der Waals surface area (Å²) in [6.45, 7) is 4.67. The molecule has 0 spiro atoms. The van der Waals surface area contributed by atoms with E-state index in [1.165, 1.54) is 13.8 Å². The molecule has 2 atom stereocenters. The summed E-state index contributed by atoms with van der Waals surface area (Å²) in [5.41, 5.74) is 0. The molecule has 0 aliphatic heterocycles. The lowest BCUT2D eigenvalue weighted by Crippen LogP contribution is -2.07. The van der Waals surface area contributed by atoms with Crippen LogP contribution in [0.3, 0.4) is 0 Å². The molecule has 5 heteroatoms. The largest absolute Gasteiger partial charge is 0.384 e. The molecule has 0 rings (SSSR count). The van der Waals surface area contributed by atoms with E-state index in [4.69, 9.17) is 9.26 Å². The van der Waals surface area contributed by atoms with E-state index in [-0.39, 0.29) is 0 Å². The molecule has 0 aromatic rings. The Hall–Kier alpha value is 0.110. The first-order valence-corrected chi connectivity index (χ1v) is 6.27. The predicted molar refractivity (Wildman–Crippen MR) is 52.1 cm³/mol. The van der Waals surface area contributed by atoms with Gasteiger partial charge < -0.3 is 13.8 Å². The van der Waals surface area contributed by atoms with Crippen molar-refractivity contribution < 1.29 is 18.3 Å². The van der Waals surface area contributed by atoms with Crippen LogP contribution < -0.4 is 0 Å². The fraction of sp³-hybridized carbons (Fsp3) is 1.00. The monoisotopic (exact) mass is 210 g/mol. The zero-order valence-corrected chi connectivity index (χ0v) is 9.67. The maximum Gasteiger partial charge on any atom is 0.327 e. The van der Waals surface area contributed by atoms with Gasteiger partial charge in [0.1, 0.15) is 0 Å². The first kappa shape index (κ1) is 13.1. The van der Waals surface area contributed by atoms with Crippen molar-refractivity contribution in [2.75, 3.05) is 34.1 Å². The highest BCUT2D eigenvalue weighted by Crippen LogP contribution is 2.42. The maximum absolute atomic E-state index is 11.2. The van der Waals surface area contributed by atoms with Gasteiger partial charge in [-0.2, -0.15) is 0 Å². The van der Waals surface area contributed by atoms with Crippen molar-refractivity contribution in [3.8, 4) is 0 Å². The molecule has 0 aromatic heterocycles. The average molecular weight is 210 g/mol. The van der Waals surface area contributed by atoms with Gasteiger partial charge >= 0.3 is 7.60 Å². The first-order valence-electron chi connectivity index (χ1n) is 4.28. The van der Waals surface area contributed by atoms with E-state index < -0.39 is 7.60 Å². The third kappa shape index (κ3) is 7.20. The van der Waals surface area contributed by atoms with Gasteiger partial charge in [-0.1, -0.05) is 6.92 Å². The Labute approximate surface area is 80.1 Å². The van der Waals surface area contributed by atoms with Crippen molar-refractivity contribution in [3.05, 3.63) is 0 Å². The summed E-state index contributed by atoms with van der Waals surface area (Å²) in [7, 11) is 0.263. The molecule has 0 aliphatic carbocycles. The van der Waals surface area contributed by atoms with Gasteiger partial charge in [-0.05, 0) is 12.3 Å². The molecule has 0 bridgehead atoms. The van der Waals surface area contributed by atoms with Crippen molar-refractivity contribution in [1.82, 2.24) is 0 Å². The predicted octanol–water partition coefficient (Wildman–Crippen LogP) is 2.14. The van der Waals surface area contributed by atoms with Crippen LogP contribution in [0.15, 0.2) is 0 Å². The van der Waals surface area contributed by atoms with Crippen molar-refractivity contribution in [1.29, 1.82) is 0 Å². The summed E-state index contributed by atoms with van der Waals surface area (Å²) in [6.07, 6.45) is 0.828. The Kier molecular flexibility index (Phi) is 6.60. The van der Waals surface area contributed by atoms with Crippen LogP contribution >= 0.6 is 7.60 Å². The molecule has 0 amide bonds. The third-order valence-electron chi connectivity index (χ3n) is 1.72. The second-order valence-corrected chi connectivity index (χ2v) is 5.30. The van der Waals surface area contributed by atoms with Crippen LogP contribution in [0.25, 0.3) is 0 Å². The normalized spacial score (nSPS) is 18.2. The highest BCUT2D eigenvalue weighted by Gasteiger charge is 2.14. The molecule has 13 heavy (non-hydrogen) atoms. The van der Waals surface area contributed by atoms with Crippen LogP contribution in [0.4, 0.5) is 0 Å². The molecule has 0 radical (unpaired) electrons. The van der Waals surface area contributed by atoms with Gasteiger partial charge in [0.15, 0.2) is 0 Å². The highest BCUT2D eigenvalue weighted by molar-refractivity contribution is 7.52. The number of hydrogen-bond acceptors (Lipinski definition) is 4. The van der Waals surface area contributed by atoms with Gasteiger partial charge in [0.05, 0.1) is 6.61 Å². The van der Waals surface area contributed by atoms with Gasteiger partial charge in [-0.25, -0.2) is 0 Å². The molecule has 0 saturated heterocycles. The minimum atomic E-state index is -2.79. The molecule has 0 aliphatic rings. The number of ether oxygens (including phenoxy) is 1. The van der Waals surface area contributed by atoms with E-state index >= 15 is 0 Å². The van der Waals surface area contributed by atoms with Crippen LogP contribution in [0.2, 0.25) is 0 Å². The van der Waals surface area contributed by atoms with Crippen LogP contribution in [0, 0.1) is 5.92 Å². The van der Waals surface area contributed by atoms with Gasteiger partial charge in [0.2, 0.25) is 0 Å². The smallest absolute Gasteiger partial charge is 0.327 e. The Morgan fingerprint density at radius 1 is 1.38 bits per heavy atom. The Bertz CT molecular complexity index is 172. The van der Waals surface area contributed by atoms with Crippen molar-refractivity contribution in [2.45, 2.75) is 13.3 Å². The maximum atomic E-state index is 11.2. The summed E-state index contributed by atoms with van der Waals surface area (Å²) in [5.74, 6) is 0.418. The fourth-order valence-electron chi connectivity index (χ4n) is 0.840. The summed E-state index contributed by atoms with van der Waals surface area (Å²) in [4.78, 5) is 0. The van der Waals surface area contributed by atoms with E-state index in [9.17, 15) is 4.57 Å². The summed E-state index contributed by atoms with van der Waals surface area (Å²) < 4.78 is 26.0. The fourth-order valence-corrected chi connectivity index (χ4v) is 1.38. The summed E-state index contributed by atoms with van der Waals surface area (Å²) >= 11 is 0. The molecule has 4 nitrogen and oxygen atoms in total. The summed E-state index contributed by atoms with van der Waals surface area (Å²) in [6, 6.07) is 0. The van der Waals surface area contributed by atoms with Gasteiger partial charge in [-0.3, -0.25) is 4.57 Å². The molecule has 80 valence electrons. The Balaban J connectivity index is 3.50. The zero-order chi connectivity index (χ0) is 10.3. The van der Waals surface area contributed by atoms with E-state index in [1.54, 1.807) is 7.11 Å². The molecule has 0 fully saturated rings. The number of methoxy groups -OCH3 is 1. The molecule has 0 N–H and O–H groups in total. The average Bonchev–Trinajstić information content (AvgIpc) is 2.05. The second kappa shape index (κ2) is 6.55. The SMILES string of the molecule is COCC(C)CCOP(C)(=O)OC. The van der Waals surface area contributed by atoms with Crippen molar-refractivity contribution in [3.63, 3.8) is 0 Å². The number of rotatable bonds is 7. The van der Waals surface area contributed by atoms with Crippen LogP contribution in [-0.2, 0) is 18.3 Å². The standard InChI is InChI=1S/C8H19O4P/c1-8(7-10-2)5-6-12-13(4,9)11-3/h8H,5-7H2,1-4H3. The lowest BCUT2D eigenvalue weighted by atomic mass is 10.1. The van der Waals surface area contributed by atoms with Crippen molar-refractivity contribution in [2.24, 2.45) is 5.92 Å². The third-order valence-corrected chi connectivity index (χ3v) is 3.03. The molecule has 0 heterocycles. The van der Waals surface area contributed by atoms with E-state index in [1.807, 2.05) is 0 Å². The second-order valence-electron chi connectivity index (χ2n) is 3.14. The van der Waals surface area contributed by atoms with Gasteiger partial charge in [0.25, 0.3) is 0 Å². The van der Waals surface area contributed by atoms with Crippen LogP contribution in [-0.4, -0.2) is 34.1 Å². The topological polar surface area (TPSA) is 44.8 Å². The molecule has 0 aromatic carbocycles. The summed E-state index contributed by atoms with van der Waals surface area (Å²) in [5, 5.41) is 0. The zero-order valence-electron chi connectivity index (χ0n) is 8.78. The lowest BCUT2D eigenvalue weighted by Gasteiger charge is -2.13. The molecule has 2 unspecified atom stereocenters. The van der Waals surface area contributed by atoms with E-state index in [2.05, 4.69) is 11.4 Å².